The Morgan fingerprint density at radius 2 is 1.89 bits per heavy atom. The fourth-order valence-electron chi connectivity index (χ4n) is 2.33. The summed E-state index contributed by atoms with van der Waals surface area (Å²) in [6.07, 6.45) is 4.85. The highest BCUT2D eigenvalue weighted by Gasteiger charge is 2.09. The van der Waals surface area contributed by atoms with Crippen molar-refractivity contribution in [3.8, 4) is 5.69 Å². The first kappa shape index (κ1) is 16.9. The summed E-state index contributed by atoms with van der Waals surface area (Å²) in [4.78, 5) is 21.2. The number of hydrogen-bond acceptors (Lipinski definition) is 7. The third-order valence-electron chi connectivity index (χ3n) is 3.56. The van der Waals surface area contributed by atoms with E-state index in [1.165, 1.54) is 22.8 Å². The summed E-state index contributed by atoms with van der Waals surface area (Å²) in [5, 5.41) is 15.5. The van der Waals surface area contributed by atoms with Crippen LogP contribution in [0.4, 0.5) is 5.69 Å². The van der Waals surface area contributed by atoms with Crippen LogP contribution in [0, 0.1) is 0 Å². The lowest BCUT2D eigenvalue weighted by atomic mass is 10.2. The number of pyridine rings is 2. The molecule has 0 saturated heterocycles. The van der Waals surface area contributed by atoms with Gasteiger partial charge in [0.15, 0.2) is 0 Å². The molecule has 0 atom stereocenters. The Morgan fingerprint density at radius 1 is 0.963 bits per heavy atom. The van der Waals surface area contributed by atoms with Crippen LogP contribution in [0.15, 0.2) is 83.4 Å². The van der Waals surface area contributed by atoms with Crippen molar-refractivity contribution >= 4 is 23.4 Å². The van der Waals surface area contributed by atoms with Crippen molar-refractivity contribution in [2.75, 3.05) is 5.32 Å². The maximum absolute atomic E-state index is 12.6. The van der Waals surface area contributed by atoms with Crippen LogP contribution in [0.3, 0.4) is 0 Å². The maximum Gasteiger partial charge on any atom is 0.255 e. The number of nitrogens with zero attached hydrogens (tertiary/aromatic N) is 6. The van der Waals surface area contributed by atoms with Crippen LogP contribution >= 0.6 is 11.8 Å². The molecule has 0 aliphatic carbocycles. The van der Waals surface area contributed by atoms with Crippen LogP contribution in [-0.2, 0) is 0 Å². The summed E-state index contributed by atoms with van der Waals surface area (Å²) in [5.74, 6) is -0.232. The van der Waals surface area contributed by atoms with Crippen LogP contribution < -0.4 is 5.32 Å². The average molecular weight is 375 g/mol. The van der Waals surface area contributed by atoms with E-state index in [1.807, 2.05) is 30.3 Å². The predicted molar refractivity (Wildman–Crippen MR) is 99.7 cm³/mol. The van der Waals surface area contributed by atoms with Gasteiger partial charge in [-0.15, -0.1) is 5.10 Å². The van der Waals surface area contributed by atoms with Gasteiger partial charge in [-0.05, 0) is 52.9 Å². The second-order valence-electron chi connectivity index (χ2n) is 5.41. The average Bonchev–Trinajstić information content (AvgIpc) is 3.24. The van der Waals surface area contributed by atoms with Crippen molar-refractivity contribution in [2.24, 2.45) is 0 Å². The highest BCUT2D eigenvalue weighted by Crippen LogP contribution is 2.25. The Morgan fingerprint density at radius 3 is 2.70 bits per heavy atom. The lowest BCUT2D eigenvalue weighted by Gasteiger charge is -2.08. The predicted octanol–water partition coefficient (Wildman–Crippen LogP) is 2.86. The number of carbonyl (C=O) groups is 1. The number of anilines is 1. The Balaban J connectivity index is 1.50. The zero-order valence-electron chi connectivity index (χ0n) is 13.9. The second-order valence-corrected chi connectivity index (χ2v) is 6.45. The summed E-state index contributed by atoms with van der Waals surface area (Å²) < 4.78 is 1.49. The zero-order chi connectivity index (χ0) is 18.5. The van der Waals surface area contributed by atoms with Crippen molar-refractivity contribution in [1.29, 1.82) is 0 Å². The van der Waals surface area contributed by atoms with E-state index < -0.39 is 0 Å². The largest absolute Gasteiger partial charge is 0.322 e. The van der Waals surface area contributed by atoms with Crippen molar-refractivity contribution in [2.45, 2.75) is 10.1 Å². The van der Waals surface area contributed by atoms with Gasteiger partial charge >= 0.3 is 0 Å². The van der Waals surface area contributed by atoms with Crippen molar-refractivity contribution < 1.29 is 4.79 Å². The normalized spacial score (nSPS) is 10.5. The van der Waals surface area contributed by atoms with E-state index >= 15 is 0 Å². The summed E-state index contributed by atoms with van der Waals surface area (Å²) in [5.41, 5.74) is 1.86. The van der Waals surface area contributed by atoms with Gasteiger partial charge in [0.25, 0.3) is 5.91 Å². The summed E-state index contributed by atoms with van der Waals surface area (Å²) in [7, 11) is 0. The van der Waals surface area contributed by atoms with E-state index in [-0.39, 0.29) is 5.91 Å². The van der Waals surface area contributed by atoms with Gasteiger partial charge in [-0.1, -0.05) is 23.9 Å². The molecule has 132 valence electrons. The number of carbonyl (C=O) groups excluding carboxylic acids is 1. The molecule has 0 spiro atoms. The number of hydrogen-bond donors (Lipinski definition) is 1. The summed E-state index contributed by atoms with van der Waals surface area (Å²) in [6.45, 7) is 0. The first-order valence-electron chi connectivity index (χ1n) is 7.98. The number of nitrogens with one attached hydrogen (secondary N) is 1. The molecule has 9 heteroatoms. The van der Waals surface area contributed by atoms with Gasteiger partial charge in [0, 0.05) is 23.6 Å². The van der Waals surface area contributed by atoms with Crippen LogP contribution in [0.2, 0.25) is 0 Å². The molecule has 4 aromatic rings. The molecule has 0 radical (unpaired) electrons. The Bertz CT molecular complexity index is 1050. The number of amides is 1. The molecule has 1 aromatic carbocycles. The number of tetrazole rings is 1. The third-order valence-corrected chi connectivity index (χ3v) is 4.44. The topological polar surface area (TPSA) is 98.5 Å². The molecule has 3 heterocycles. The van der Waals surface area contributed by atoms with Gasteiger partial charge in [-0.25, -0.2) is 14.6 Å². The summed E-state index contributed by atoms with van der Waals surface area (Å²) >= 11 is 1.43. The molecule has 0 saturated carbocycles. The van der Waals surface area contributed by atoms with Gasteiger partial charge in [0.05, 0.1) is 5.69 Å². The van der Waals surface area contributed by atoms with Crippen LogP contribution in [0.1, 0.15) is 10.4 Å². The molecular formula is C18H13N7OS. The van der Waals surface area contributed by atoms with Crippen LogP contribution in [0.5, 0.6) is 0 Å². The Hall–Kier alpha value is -3.59. The van der Waals surface area contributed by atoms with Crippen LogP contribution in [0.25, 0.3) is 5.69 Å². The lowest BCUT2D eigenvalue weighted by molar-refractivity contribution is 0.102. The molecule has 0 aliphatic heterocycles. The molecule has 27 heavy (non-hydrogen) atoms. The summed E-state index contributed by atoms with van der Waals surface area (Å²) in [6, 6.07) is 16.3. The molecule has 0 unspecified atom stereocenters. The molecule has 1 amide bonds. The lowest BCUT2D eigenvalue weighted by Crippen LogP contribution is -2.12. The minimum Gasteiger partial charge on any atom is -0.322 e. The van der Waals surface area contributed by atoms with Crippen molar-refractivity contribution in [3.63, 3.8) is 0 Å². The molecule has 0 bridgehead atoms. The first-order chi connectivity index (χ1) is 13.3. The van der Waals surface area contributed by atoms with Gasteiger partial charge in [-0.3, -0.25) is 4.79 Å². The molecule has 1 N–H and O–H groups in total. The Labute approximate surface area is 158 Å². The van der Waals surface area contributed by atoms with Gasteiger partial charge in [-0.2, -0.15) is 0 Å². The molecule has 3 aromatic heterocycles. The fourth-order valence-corrected chi connectivity index (χ4v) is 3.10. The SMILES string of the molecule is O=C(Nc1ccnc(Sc2ccccn2)c1)c1cccc(-n2cnnn2)c1. The zero-order valence-corrected chi connectivity index (χ0v) is 14.7. The maximum atomic E-state index is 12.6. The molecule has 8 nitrogen and oxygen atoms in total. The third kappa shape index (κ3) is 4.15. The Kier molecular flexibility index (Phi) is 4.84. The smallest absolute Gasteiger partial charge is 0.255 e. The molecule has 0 aliphatic rings. The highest BCUT2D eigenvalue weighted by atomic mass is 32.2. The number of aromatic nitrogens is 6. The van der Waals surface area contributed by atoms with Gasteiger partial charge < -0.3 is 5.32 Å². The van der Waals surface area contributed by atoms with E-state index in [4.69, 9.17) is 0 Å². The minimum absolute atomic E-state index is 0.232. The van der Waals surface area contributed by atoms with Crippen molar-refractivity contribution in [1.82, 2.24) is 30.2 Å². The highest BCUT2D eigenvalue weighted by molar-refractivity contribution is 7.99. The van der Waals surface area contributed by atoms with E-state index in [0.717, 1.165) is 10.1 Å². The van der Waals surface area contributed by atoms with E-state index in [9.17, 15) is 4.79 Å². The van der Waals surface area contributed by atoms with Gasteiger partial charge in [0.1, 0.15) is 16.4 Å². The standard InChI is InChI=1S/C18H13N7OS/c26-18(13-4-3-5-15(10-13)25-12-21-23-24-25)22-14-7-9-20-17(11-14)27-16-6-1-2-8-19-16/h1-12H,(H,20,22,26). The fraction of sp³-hybridized carbons (Fsp3) is 0. The molecular weight excluding hydrogens is 362 g/mol. The molecule has 4 rings (SSSR count). The van der Waals surface area contributed by atoms with Crippen LogP contribution in [-0.4, -0.2) is 36.1 Å². The monoisotopic (exact) mass is 375 g/mol. The van der Waals surface area contributed by atoms with Gasteiger partial charge in [0.2, 0.25) is 0 Å². The second kappa shape index (κ2) is 7.75. The minimum atomic E-state index is -0.232. The van der Waals surface area contributed by atoms with E-state index in [0.29, 0.717) is 16.9 Å². The number of benzene rings is 1. The van der Waals surface area contributed by atoms with E-state index in [2.05, 4.69) is 30.8 Å². The quantitative estimate of drug-likeness (QED) is 0.573. The van der Waals surface area contributed by atoms with Crippen molar-refractivity contribution in [3.05, 3.63) is 78.9 Å². The van der Waals surface area contributed by atoms with E-state index in [1.54, 1.807) is 36.7 Å². The molecule has 0 fully saturated rings. The number of rotatable bonds is 5. The first-order valence-corrected chi connectivity index (χ1v) is 8.79.